The van der Waals surface area contributed by atoms with Gasteiger partial charge in [0, 0.05) is 7.05 Å². The number of aryl methyl sites for hydroxylation is 1. The minimum absolute atomic E-state index is 0.405. The van der Waals surface area contributed by atoms with Crippen LogP contribution in [0.4, 0.5) is 5.69 Å². The second-order valence-electron chi connectivity index (χ2n) is 2.69. The minimum Gasteiger partial charge on any atom is -0.409 e. The molecule has 4 heteroatoms. The van der Waals surface area contributed by atoms with E-state index in [1.807, 2.05) is 0 Å². The number of rotatable bonds is 0. The number of aromatic nitrogens is 1. The summed E-state index contributed by atoms with van der Waals surface area (Å²) < 4.78 is 6.31. The van der Waals surface area contributed by atoms with Gasteiger partial charge in [-0.1, -0.05) is 6.07 Å². The summed E-state index contributed by atoms with van der Waals surface area (Å²) in [5.74, 6) is -0.405. The quantitative estimate of drug-likeness (QED) is 0.570. The summed E-state index contributed by atoms with van der Waals surface area (Å²) in [5, 5.41) is 0. The third kappa shape index (κ3) is 1.02. The Hall–Kier alpha value is -2.02. The van der Waals surface area contributed by atoms with Crippen molar-refractivity contribution in [3.63, 3.8) is 0 Å². The van der Waals surface area contributed by atoms with Crippen LogP contribution < -0.4 is 5.76 Å². The monoisotopic (exact) mass is 174 g/mol. The Bertz CT molecular complexity index is 557. The molecule has 2 aromatic rings. The maximum absolute atomic E-state index is 11.1. The van der Waals surface area contributed by atoms with Gasteiger partial charge in [-0.3, -0.25) is 4.57 Å². The third-order valence-corrected chi connectivity index (χ3v) is 1.90. The van der Waals surface area contributed by atoms with E-state index in [1.165, 1.54) is 4.57 Å². The first-order valence-corrected chi connectivity index (χ1v) is 3.69. The number of fused-ring (bicyclic) bond motifs is 1. The van der Waals surface area contributed by atoms with Gasteiger partial charge in [0.25, 0.3) is 0 Å². The van der Waals surface area contributed by atoms with Crippen LogP contribution in [0.2, 0.25) is 0 Å². The lowest BCUT2D eigenvalue weighted by atomic mass is 10.3. The maximum atomic E-state index is 11.1. The molecule has 0 saturated heterocycles. The molecule has 1 aromatic carbocycles. The zero-order valence-electron chi connectivity index (χ0n) is 6.94. The number of hydrogen-bond donors (Lipinski definition) is 0. The molecule has 0 aliphatic heterocycles. The van der Waals surface area contributed by atoms with Crippen molar-refractivity contribution in [1.29, 1.82) is 0 Å². The molecule has 13 heavy (non-hydrogen) atoms. The summed E-state index contributed by atoms with van der Waals surface area (Å²) >= 11 is 0. The summed E-state index contributed by atoms with van der Waals surface area (Å²) in [6.07, 6.45) is 0. The van der Waals surface area contributed by atoms with E-state index in [2.05, 4.69) is 4.85 Å². The van der Waals surface area contributed by atoms with Gasteiger partial charge >= 0.3 is 5.76 Å². The summed E-state index contributed by atoms with van der Waals surface area (Å²) in [5.41, 5.74) is 1.64. The third-order valence-electron chi connectivity index (χ3n) is 1.90. The Morgan fingerprint density at radius 3 is 3.00 bits per heavy atom. The largest absolute Gasteiger partial charge is 0.419 e. The van der Waals surface area contributed by atoms with Crippen LogP contribution in [0.15, 0.2) is 27.4 Å². The second-order valence-corrected chi connectivity index (χ2v) is 2.69. The normalized spacial score (nSPS) is 10.2. The first-order valence-electron chi connectivity index (χ1n) is 3.69. The number of benzene rings is 1. The lowest BCUT2D eigenvalue weighted by molar-refractivity contribution is 0.528. The van der Waals surface area contributed by atoms with Crippen LogP contribution in [0.3, 0.4) is 0 Å². The molecule has 0 atom stereocenters. The molecule has 1 aromatic heterocycles. The fourth-order valence-corrected chi connectivity index (χ4v) is 1.19. The first-order chi connectivity index (χ1) is 6.22. The molecule has 0 spiro atoms. The molecule has 64 valence electrons. The topological polar surface area (TPSA) is 39.5 Å². The summed E-state index contributed by atoms with van der Waals surface area (Å²) in [6, 6.07) is 4.92. The highest BCUT2D eigenvalue weighted by molar-refractivity contribution is 5.77. The summed E-state index contributed by atoms with van der Waals surface area (Å²) in [4.78, 5) is 14.3. The molecule has 0 N–H and O–H groups in total. The maximum Gasteiger partial charge on any atom is 0.419 e. The lowest BCUT2D eigenvalue weighted by Gasteiger charge is -1.90. The van der Waals surface area contributed by atoms with E-state index in [4.69, 9.17) is 11.0 Å². The van der Waals surface area contributed by atoms with Crippen molar-refractivity contribution in [2.45, 2.75) is 0 Å². The van der Waals surface area contributed by atoms with Crippen LogP contribution in [0.25, 0.3) is 15.9 Å². The highest BCUT2D eigenvalue weighted by Crippen LogP contribution is 2.19. The van der Waals surface area contributed by atoms with Crippen LogP contribution in [0, 0.1) is 6.57 Å². The van der Waals surface area contributed by atoms with Gasteiger partial charge in [-0.25, -0.2) is 9.64 Å². The molecule has 0 amide bonds. The van der Waals surface area contributed by atoms with Gasteiger partial charge < -0.3 is 4.42 Å². The van der Waals surface area contributed by atoms with Gasteiger partial charge in [-0.05, 0) is 12.1 Å². The minimum atomic E-state index is -0.405. The van der Waals surface area contributed by atoms with Crippen LogP contribution in [-0.2, 0) is 7.05 Å². The van der Waals surface area contributed by atoms with Crippen molar-refractivity contribution >= 4 is 16.8 Å². The van der Waals surface area contributed by atoms with Gasteiger partial charge in [0.1, 0.15) is 5.58 Å². The molecule has 0 saturated carbocycles. The van der Waals surface area contributed by atoms with Crippen molar-refractivity contribution < 1.29 is 4.42 Å². The molecular weight excluding hydrogens is 168 g/mol. The first kappa shape index (κ1) is 7.62. The lowest BCUT2D eigenvalue weighted by Crippen LogP contribution is -2.08. The van der Waals surface area contributed by atoms with Crippen molar-refractivity contribution in [2.24, 2.45) is 7.05 Å². The highest BCUT2D eigenvalue weighted by Gasteiger charge is 2.05. The highest BCUT2D eigenvalue weighted by atomic mass is 16.4. The molecule has 0 bridgehead atoms. The molecule has 4 nitrogen and oxygen atoms in total. The van der Waals surface area contributed by atoms with Crippen LogP contribution >= 0.6 is 0 Å². The zero-order valence-corrected chi connectivity index (χ0v) is 6.94. The fraction of sp³-hybridized carbons (Fsp3) is 0.111. The molecule has 0 unspecified atom stereocenters. The number of nitrogens with zero attached hydrogens (tertiary/aromatic N) is 2. The van der Waals surface area contributed by atoms with E-state index in [0.29, 0.717) is 16.8 Å². The van der Waals surface area contributed by atoms with Gasteiger partial charge in [0.15, 0.2) is 5.69 Å². The van der Waals surface area contributed by atoms with Crippen molar-refractivity contribution in [1.82, 2.24) is 4.57 Å². The average molecular weight is 174 g/mol. The zero-order chi connectivity index (χ0) is 9.42. The van der Waals surface area contributed by atoms with E-state index in [0.717, 1.165) is 0 Å². The molecule has 0 radical (unpaired) electrons. The number of hydrogen-bond acceptors (Lipinski definition) is 2. The number of oxazole rings is 1. The van der Waals surface area contributed by atoms with E-state index in [1.54, 1.807) is 25.2 Å². The van der Waals surface area contributed by atoms with Gasteiger partial charge in [0.2, 0.25) is 0 Å². The Kier molecular flexibility index (Phi) is 1.46. The van der Waals surface area contributed by atoms with Gasteiger partial charge in [0.05, 0.1) is 12.1 Å². The van der Waals surface area contributed by atoms with Gasteiger partial charge in [-0.2, -0.15) is 0 Å². The molecular formula is C9H6N2O2. The van der Waals surface area contributed by atoms with Crippen molar-refractivity contribution in [3.05, 3.63) is 40.2 Å². The molecule has 0 aliphatic rings. The fourth-order valence-electron chi connectivity index (χ4n) is 1.19. The second kappa shape index (κ2) is 2.49. The Morgan fingerprint density at radius 1 is 1.54 bits per heavy atom. The van der Waals surface area contributed by atoms with Crippen LogP contribution in [0.5, 0.6) is 0 Å². The summed E-state index contributed by atoms with van der Waals surface area (Å²) in [6.45, 7) is 6.78. The SMILES string of the molecule is [C-]#[N+]c1ccc2c(c1)oc(=O)n2C. The Morgan fingerprint density at radius 2 is 2.31 bits per heavy atom. The van der Waals surface area contributed by atoms with Crippen LogP contribution in [0.1, 0.15) is 0 Å². The van der Waals surface area contributed by atoms with E-state index in [9.17, 15) is 4.79 Å². The predicted octanol–water partition coefficient (Wildman–Crippen LogP) is 1.68. The summed E-state index contributed by atoms with van der Waals surface area (Å²) in [7, 11) is 1.63. The van der Waals surface area contributed by atoms with Gasteiger partial charge in [-0.15, -0.1) is 0 Å². The Balaban J connectivity index is 2.90. The van der Waals surface area contributed by atoms with Crippen LogP contribution in [-0.4, -0.2) is 4.57 Å². The standard InChI is InChI=1S/C9H6N2O2/c1-10-6-3-4-7-8(5-6)13-9(12)11(7)2/h3-5H,2H3. The molecule has 0 aliphatic carbocycles. The average Bonchev–Trinajstić information content (AvgIpc) is 2.42. The predicted molar refractivity (Wildman–Crippen MR) is 47.7 cm³/mol. The van der Waals surface area contributed by atoms with E-state index < -0.39 is 5.76 Å². The molecule has 2 rings (SSSR count). The van der Waals surface area contributed by atoms with E-state index >= 15 is 0 Å². The van der Waals surface area contributed by atoms with E-state index in [-0.39, 0.29) is 0 Å². The van der Waals surface area contributed by atoms with Crippen molar-refractivity contribution in [2.75, 3.05) is 0 Å². The molecule has 1 heterocycles. The molecule has 0 fully saturated rings. The van der Waals surface area contributed by atoms with Crippen molar-refractivity contribution in [3.8, 4) is 0 Å². The smallest absolute Gasteiger partial charge is 0.409 e. The Labute approximate surface area is 73.8 Å².